The molecule has 2 unspecified atom stereocenters. The van der Waals surface area contributed by atoms with Gasteiger partial charge in [-0.1, -0.05) is 12.1 Å². The molecule has 2 bridgehead atoms. The number of carbonyl (C=O) groups is 1. The summed E-state index contributed by atoms with van der Waals surface area (Å²) in [6.07, 6.45) is 0.783. The highest BCUT2D eigenvalue weighted by Gasteiger charge is 2.47. The largest absolute Gasteiger partial charge is 0.468 e. The predicted molar refractivity (Wildman–Crippen MR) is 63.9 cm³/mol. The molecule has 4 heteroatoms. The molecule has 2 aliphatic rings. The van der Waals surface area contributed by atoms with Crippen LogP contribution in [0.15, 0.2) is 18.2 Å². The zero-order chi connectivity index (χ0) is 12.2. The molecule has 1 saturated heterocycles. The van der Waals surface area contributed by atoms with E-state index in [-0.39, 0.29) is 12.1 Å². The molecule has 0 spiro atoms. The number of carbonyl (C=O) groups excluding carboxylic acids is 1. The second kappa shape index (κ2) is 3.15. The maximum absolute atomic E-state index is 11.8. The summed E-state index contributed by atoms with van der Waals surface area (Å²) in [5.74, 6) is 0.885. The van der Waals surface area contributed by atoms with Crippen molar-refractivity contribution in [3.8, 4) is 5.75 Å². The Morgan fingerprint density at radius 3 is 3.06 bits per heavy atom. The summed E-state index contributed by atoms with van der Waals surface area (Å²) in [5, 5.41) is 3.01. The zero-order valence-electron chi connectivity index (χ0n) is 10.3. The molecule has 2 amide bonds. The first-order chi connectivity index (χ1) is 7.99. The van der Waals surface area contributed by atoms with E-state index in [1.165, 1.54) is 5.56 Å². The first-order valence-corrected chi connectivity index (χ1v) is 5.83. The van der Waals surface area contributed by atoms with Crippen molar-refractivity contribution >= 4 is 6.03 Å². The van der Waals surface area contributed by atoms with Crippen LogP contribution in [0.3, 0.4) is 0 Å². The van der Waals surface area contributed by atoms with Crippen molar-refractivity contribution < 1.29 is 9.53 Å². The number of hydrogen-bond donors (Lipinski definition) is 1. The molecule has 17 heavy (non-hydrogen) atoms. The van der Waals surface area contributed by atoms with Crippen LogP contribution in [-0.2, 0) is 0 Å². The van der Waals surface area contributed by atoms with E-state index >= 15 is 0 Å². The number of fused-ring (bicyclic) bond motifs is 4. The second-order valence-electron chi connectivity index (χ2n) is 5.08. The number of nitrogens with one attached hydrogen (secondary N) is 1. The van der Waals surface area contributed by atoms with Crippen LogP contribution < -0.4 is 10.1 Å². The maximum Gasteiger partial charge on any atom is 0.320 e. The molecule has 1 N–H and O–H groups in total. The van der Waals surface area contributed by atoms with Crippen LogP contribution >= 0.6 is 0 Å². The summed E-state index contributed by atoms with van der Waals surface area (Å²) >= 11 is 0. The van der Waals surface area contributed by atoms with Gasteiger partial charge in [0.1, 0.15) is 5.75 Å². The van der Waals surface area contributed by atoms with Gasteiger partial charge >= 0.3 is 6.03 Å². The number of rotatable bonds is 0. The first kappa shape index (κ1) is 10.4. The molecule has 0 radical (unpaired) electrons. The lowest BCUT2D eigenvalue weighted by atomic mass is 9.90. The second-order valence-corrected chi connectivity index (χ2v) is 5.08. The summed E-state index contributed by atoms with van der Waals surface area (Å²) < 4.78 is 6.02. The summed E-state index contributed by atoms with van der Waals surface area (Å²) in [7, 11) is 1.77. The monoisotopic (exact) mass is 232 g/mol. The van der Waals surface area contributed by atoms with Crippen LogP contribution in [0.5, 0.6) is 5.75 Å². The topological polar surface area (TPSA) is 41.6 Å². The van der Waals surface area contributed by atoms with Gasteiger partial charge in [0.2, 0.25) is 0 Å². The van der Waals surface area contributed by atoms with Gasteiger partial charge in [-0.25, -0.2) is 4.79 Å². The normalized spacial score (nSPS) is 30.4. The third-order valence-electron chi connectivity index (χ3n) is 3.77. The molecule has 0 aromatic heterocycles. The fourth-order valence-corrected chi connectivity index (χ4v) is 2.58. The fourth-order valence-electron chi connectivity index (χ4n) is 2.58. The highest BCUT2D eigenvalue weighted by molar-refractivity contribution is 5.77. The van der Waals surface area contributed by atoms with Crippen molar-refractivity contribution in [3.05, 3.63) is 29.3 Å². The Morgan fingerprint density at radius 2 is 2.29 bits per heavy atom. The van der Waals surface area contributed by atoms with Gasteiger partial charge in [-0.15, -0.1) is 0 Å². The molecule has 2 aliphatic heterocycles. The van der Waals surface area contributed by atoms with Crippen molar-refractivity contribution in [3.63, 3.8) is 0 Å². The van der Waals surface area contributed by atoms with Gasteiger partial charge in [-0.3, -0.25) is 4.90 Å². The Kier molecular flexibility index (Phi) is 1.94. The SMILES string of the molecule is Cc1ccc2c(c1)OC1(C)CC2NC(=O)N1C. The standard InChI is InChI=1S/C13H16N2O2/c1-8-4-5-9-10-7-13(2,17-11(9)6-8)15(3)12(16)14-10/h4-6,10H,7H2,1-3H3,(H,14,16). The van der Waals surface area contributed by atoms with Gasteiger partial charge in [-0.05, 0) is 25.5 Å². The minimum absolute atomic E-state index is 0.0630. The van der Waals surface area contributed by atoms with Crippen LogP contribution in [0, 0.1) is 6.92 Å². The average Bonchev–Trinajstić information content (AvgIpc) is 2.25. The van der Waals surface area contributed by atoms with Crippen LogP contribution in [0.4, 0.5) is 4.79 Å². The summed E-state index contributed by atoms with van der Waals surface area (Å²) in [5.41, 5.74) is 1.71. The minimum Gasteiger partial charge on any atom is -0.468 e. The number of nitrogens with zero attached hydrogens (tertiary/aromatic N) is 1. The molecular weight excluding hydrogens is 216 g/mol. The van der Waals surface area contributed by atoms with Gasteiger partial charge in [-0.2, -0.15) is 0 Å². The lowest BCUT2D eigenvalue weighted by Crippen LogP contribution is -2.63. The molecular formula is C13H16N2O2. The lowest BCUT2D eigenvalue weighted by molar-refractivity contribution is -0.0719. The average molecular weight is 232 g/mol. The van der Waals surface area contributed by atoms with Crippen LogP contribution in [0.25, 0.3) is 0 Å². The third-order valence-corrected chi connectivity index (χ3v) is 3.77. The third kappa shape index (κ3) is 1.40. The van der Waals surface area contributed by atoms with E-state index in [0.29, 0.717) is 0 Å². The predicted octanol–water partition coefficient (Wildman–Crippen LogP) is 2.19. The molecule has 2 atom stereocenters. The van der Waals surface area contributed by atoms with E-state index in [0.717, 1.165) is 17.7 Å². The Bertz CT molecular complexity index is 500. The molecule has 1 aromatic rings. The molecule has 1 aromatic carbocycles. The van der Waals surface area contributed by atoms with E-state index < -0.39 is 5.72 Å². The Labute approximate surface area is 101 Å². The van der Waals surface area contributed by atoms with E-state index in [1.54, 1.807) is 11.9 Å². The molecule has 0 saturated carbocycles. The van der Waals surface area contributed by atoms with E-state index in [4.69, 9.17) is 4.74 Å². The fraction of sp³-hybridized carbons (Fsp3) is 0.462. The number of urea groups is 1. The van der Waals surface area contributed by atoms with Crippen LogP contribution in [0.1, 0.15) is 30.5 Å². The minimum atomic E-state index is -0.534. The zero-order valence-corrected chi connectivity index (χ0v) is 10.3. The Balaban J connectivity index is 2.11. The quantitative estimate of drug-likeness (QED) is 0.745. The van der Waals surface area contributed by atoms with Gasteiger partial charge < -0.3 is 10.1 Å². The lowest BCUT2D eigenvalue weighted by Gasteiger charge is -2.49. The van der Waals surface area contributed by atoms with Gasteiger partial charge in [0, 0.05) is 19.0 Å². The number of amides is 2. The van der Waals surface area contributed by atoms with E-state index in [9.17, 15) is 4.79 Å². The van der Waals surface area contributed by atoms with Gasteiger partial charge in [0.25, 0.3) is 0 Å². The van der Waals surface area contributed by atoms with E-state index in [1.807, 2.05) is 26.0 Å². The highest BCUT2D eigenvalue weighted by atomic mass is 16.5. The van der Waals surface area contributed by atoms with Gasteiger partial charge in [0.15, 0.2) is 5.72 Å². The highest BCUT2D eigenvalue weighted by Crippen LogP contribution is 2.43. The Hall–Kier alpha value is -1.71. The first-order valence-electron chi connectivity index (χ1n) is 5.83. The molecule has 3 rings (SSSR count). The summed E-state index contributed by atoms with van der Waals surface area (Å²) in [6, 6.07) is 6.11. The number of hydrogen-bond acceptors (Lipinski definition) is 2. The van der Waals surface area contributed by atoms with Crippen molar-refractivity contribution in [2.24, 2.45) is 0 Å². The van der Waals surface area contributed by atoms with Crippen molar-refractivity contribution in [2.75, 3.05) is 7.05 Å². The molecule has 2 heterocycles. The van der Waals surface area contributed by atoms with Crippen LogP contribution in [-0.4, -0.2) is 23.7 Å². The molecule has 1 fully saturated rings. The van der Waals surface area contributed by atoms with Gasteiger partial charge in [0.05, 0.1) is 6.04 Å². The van der Waals surface area contributed by atoms with Crippen molar-refractivity contribution in [1.82, 2.24) is 10.2 Å². The molecule has 0 aliphatic carbocycles. The summed E-state index contributed by atoms with van der Waals surface area (Å²) in [6.45, 7) is 4.00. The van der Waals surface area contributed by atoms with Crippen molar-refractivity contribution in [1.29, 1.82) is 0 Å². The van der Waals surface area contributed by atoms with E-state index in [2.05, 4.69) is 11.4 Å². The smallest absolute Gasteiger partial charge is 0.320 e. The van der Waals surface area contributed by atoms with Crippen LogP contribution in [0.2, 0.25) is 0 Å². The summed E-state index contributed by atoms with van der Waals surface area (Å²) in [4.78, 5) is 13.5. The van der Waals surface area contributed by atoms with Crippen molar-refractivity contribution in [2.45, 2.75) is 32.0 Å². The molecule has 4 nitrogen and oxygen atoms in total. The Morgan fingerprint density at radius 1 is 1.53 bits per heavy atom. The number of benzene rings is 1. The molecule has 90 valence electrons. The number of ether oxygens (including phenoxy) is 1. The maximum atomic E-state index is 11.8. The number of aryl methyl sites for hydroxylation is 1.